The number of nitrogens with zero attached hydrogens (tertiary/aromatic N) is 4. The molecule has 6 nitrogen and oxygen atoms in total. The van der Waals surface area contributed by atoms with Gasteiger partial charge in [0.2, 0.25) is 5.95 Å². The van der Waals surface area contributed by atoms with Gasteiger partial charge in [-0.05, 0) is 111 Å². The van der Waals surface area contributed by atoms with Gasteiger partial charge in [-0.1, -0.05) is 54.6 Å². The Morgan fingerprint density at radius 1 is 0.878 bits per heavy atom. The zero-order valence-corrected chi connectivity index (χ0v) is 24.3. The van der Waals surface area contributed by atoms with Crippen molar-refractivity contribution in [1.29, 1.82) is 0 Å². The van der Waals surface area contributed by atoms with Crippen molar-refractivity contribution in [2.45, 2.75) is 46.1 Å². The highest BCUT2D eigenvalue weighted by atomic mass is 16.1. The Hall–Kier alpha value is -4.29. The largest absolute Gasteiger partial charge is 0.324 e. The van der Waals surface area contributed by atoms with Gasteiger partial charge in [0.25, 0.3) is 5.56 Å². The highest BCUT2D eigenvalue weighted by Crippen LogP contribution is 2.31. The van der Waals surface area contributed by atoms with Crippen molar-refractivity contribution < 1.29 is 0 Å². The summed E-state index contributed by atoms with van der Waals surface area (Å²) < 4.78 is 1.75. The molecule has 208 valence electrons. The Morgan fingerprint density at radius 2 is 1.63 bits per heavy atom. The first-order chi connectivity index (χ1) is 19.9. The molecule has 0 amide bonds. The number of anilines is 2. The van der Waals surface area contributed by atoms with Gasteiger partial charge in [0, 0.05) is 29.4 Å². The first-order valence-corrected chi connectivity index (χ1v) is 14.5. The zero-order chi connectivity index (χ0) is 28.5. The molecule has 1 N–H and O–H groups in total. The van der Waals surface area contributed by atoms with Crippen LogP contribution in [0, 0.1) is 13.8 Å². The molecule has 0 aliphatic carbocycles. The Labute approximate surface area is 241 Å². The third-order valence-electron chi connectivity index (χ3n) is 8.47. The Balaban J connectivity index is 1.29. The molecular formula is C35H37N5O. The van der Waals surface area contributed by atoms with Crippen LogP contribution >= 0.6 is 0 Å². The quantitative estimate of drug-likeness (QED) is 0.243. The molecule has 0 spiro atoms. The molecule has 6 heteroatoms. The minimum Gasteiger partial charge on any atom is -0.324 e. The van der Waals surface area contributed by atoms with Crippen LogP contribution in [0.15, 0.2) is 83.8 Å². The van der Waals surface area contributed by atoms with Crippen molar-refractivity contribution in [3.8, 4) is 22.3 Å². The molecule has 0 radical (unpaired) electrons. The summed E-state index contributed by atoms with van der Waals surface area (Å²) in [6.45, 7) is 8.99. The van der Waals surface area contributed by atoms with E-state index in [1.807, 2.05) is 19.2 Å². The molecular weight excluding hydrogens is 506 g/mol. The number of pyridine rings is 1. The van der Waals surface area contributed by atoms with E-state index in [9.17, 15) is 4.79 Å². The lowest BCUT2D eigenvalue weighted by Gasteiger charge is -2.29. The van der Waals surface area contributed by atoms with E-state index in [1.54, 1.807) is 4.57 Å². The van der Waals surface area contributed by atoms with E-state index in [1.165, 1.54) is 29.5 Å². The van der Waals surface area contributed by atoms with Gasteiger partial charge < -0.3 is 10.2 Å². The predicted octanol–water partition coefficient (Wildman–Crippen LogP) is 7.32. The fourth-order valence-electron chi connectivity index (χ4n) is 6.05. The van der Waals surface area contributed by atoms with Crippen LogP contribution in [0.4, 0.5) is 11.6 Å². The molecule has 1 fully saturated rings. The van der Waals surface area contributed by atoms with E-state index >= 15 is 0 Å². The van der Waals surface area contributed by atoms with Crippen LogP contribution in [0.2, 0.25) is 0 Å². The molecule has 0 atom stereocenters. The minimum absolute atomic E-state index is 0.0427. The summed E-state index contributed by atoms with van der Waals surface area (Å²) in [4.78, 5) is 25.5. The summed E-state index contributed by atoms with van der Waals surface area (Å²) in [5.41, 5.74) is 9.17. The van der Waals surface area contributed by atoms with E-state index in [4.69, 9.17) is 4.98 Å². The van der Waals surface area contributed by atoms with Crippen LogP contribution in [0.3, 0.4) is 0 Å². The molecule has 1 aliphatic rings. The highest BCUT2D eigenvalue weighted by molar-refractivity contribution is 5.83. The molecule has 0 bridgehead atoms. The number of fused-ring (bicyclic) bond motifs is 1. The van der Waals surface area contributed by atoms with Crippen LogP contribution in [0.25, 0.3) is 33.3 Å². The summed E-state index contributed by atoms with van der Waals surface area (Å²) in [6.07, 6.45) is 4.21. The lowest BCUT2D eigenvalue weighted by Crippen LogP contribution is -2.29. The van der Waals surface area contributed by atoms with Crippen molar-refractivity contribution >= 4 is 22.7 Å². The molecule has 5 aromatic rings. The van der Waals surface area contributed by atoms with Gasteiger partial charge in [0.05, 0.1) is 0 Å². The lowest BCUT2D eigenvalue weighted by molar-refractivity contribution is 0.255. The van der Waals surface area contributed by atoms with E-state index in [2.05, 4.69) is 103 Å². The smallest absolute Gasteiger partial charge is 0.260 e. The molecule has 3 heterocycles. The third-order valence-corrected chi connectivity index (χ3v) is 8.47. The molecule has 1 saturated heterocycles. The second-order valence-electron chi connectivity index (χ2n) is 11.2. The number of likely N-dealkylation sites (tertiary alicyclic amines) is 1. The van der Waals surface area contributed by atoms with Crippen LogP contribution in [-0.4, -0.2) is 39.6 Å². The zero-order valence-electron chi connectivity index (χ0n) is 24.3. The number of hydrogen-bond acceptors (Lipinski definition) is 5. The summed E-state index contributed by atoms with van der Waals surface area (Å²) in [5, 5.41) is 4.18. The topological polar surface area (TPSA) is 63.1 Å². The highest BCUT2D eigenvalue weighted by Gasteiger charge is 2.19. The van der Waals surface area contributed by atoms with Crippen molar-refractivity contribution in [2.24, 2.45) is 0 Å². The number of hydrogen-bond donors (Lipinski definition) is 1. The van der Waals surface area contributed by atoms with Crippen molar-refractivity contribution in [3.63, 3.8) is 0 Å². The third kappa shape index (κ3) is 5.40. The van der Waals surface area contributed by atoms with E-state index in [0.29, 0.717) is 29.6 Å². The van der Waals surface area contributed by atoms with Crippen LogP contribution < -0.4 is 10.9 Å². The monoisotopic (exact) mass is 543 g/mol. The number of benzene rings is 3. The second kappa shape index (κ2) is 11.3. The minimum atomic E-state index is -0.0427. The average molecular weight is 544 g/mol. The van der Waals surface area contributed by atoms with E-state index < -0.39 is 0 Å². The van der Waals surface area contributed by atoms with Gasteiger partial charge in [-0.15, -0.1) is 0 Å². The summed E-state index contributed by atoms with van der Waals surface area (Å²) in [5.74, 6) is 1.10. The fourth-order valence-corrected chi connectivity index (χ4v) is 6.05. The predicted molar refractivity (Wildman–Crippen MR) is 169 cm³/mol. The van der Waals surface area contributed by atoms with Gasteiger partial charge in [-0.2, -0.15) is 4.98 Å². The Kier molecular flexibility index (Phi) is 7.41. The van der Waals surface area contributed by atoms with Crippen LogP contribution in [-0.2, 0) is 6.54 Å². The van der Waals surface area contributed by atoms with Gasteiger partial charge in [-0.3, -0.25) is 9.36 Å². The van der Waals surface area contributed by atoms with E-state index in [-0.39, 0.29) is 5.56 Å². The van der Waals surface area contributed by atoms with Crippen molar-refractivity contribution in [2.75, 3.05) is 25.5 Å². The molecule has 41 heavy (non-hydrogen) atoms. The first kappa shape index (κ1) is 26.9. The first-order valence-electron chi connectivity index (χ1n) is 14.5. The Morgan fingerprint density at radius 3 is 2.34 bits per heavy atom. The maximum atomic E-state index is 13.7. The number of piperidine rings is 1. The van der Waals surface area contributed by atoms with Gasteiger partial charge >= 0.3 is 0 Å². The molecule has 0 saturated carbocycles. The van der Waals surface area contributed by atoms with Gasteiger partial charge in [-0.25, -0.2) is 4.98 Å². The van der Waals surface area contributed by atoms with Gasteiger partial charge in [0.15, 0.2) is 0 Å². The number of rotatable bonds is 6. The maximum absolute atomic E-state index is 13.7. The Bertz CT molecular complexity index is 1760. The molecule has 2 aromatic heterocycles. The normalized spacial score (nSPS) is 14.4. The average Bonchev–Trinajstić information content (AvgIpc) is 2.98. The molecule has 0 unspecified atom stereocenters. The number of aryl methyl sites for hydroxylation is 3. The maximum Gasteiger partial charge on any atom is 0.260 e. The summed E-state index contributed by atoms with van der Waals surface area (Å²) >= 11 is 0. The standard InChI is InChI=1S/C35H37N5O/c1-5-40-33-28(21-32(34(40)41)31-15-12-27(20-24(31)3)30-9-7-6-8-23(30)2)22-36-35(38-33)37-29-13-10-25(11-14-29)26-16-18-39(4)19-17-26/h6-15,20-22,26H,5,16-19H2,1-4H3,(H,36,37,38). The van der Waals surface area contributed by atoms with Gasteiger partial charge in [0.1, 0.15) is 5.65 Å². The second-order valence-corrected chi connectivity index (χ2v) is 11.2. The molecule has 1 aliphatic heterocycles. The lowest BCUT2D eigenvalue weighted by atomic mass is 9.89. The summed E-state index contributed by atoms with van der Waals surface area (Å²) in [6, 6.07) is 25.2. The van der Waals surface area contributed by atoms with Crippen LogP contribution in [0.5, 0.6) is 0 Å². The van der Waals surface area contributed by atoms with Crippen LogP contribution in [0.1, 0.15) is 42.4 Å². The number of nitrogens with one attached hydrogen (secondary N) is 1. The molecule has 3 aromatic carbocycles. The SMILES string of the molecule is CCn1c(=O)c(-c2ccc(-c3ccccc3C)cc2C)cc2cnc(Nc3ccc(C4CCN(C)CC4)cc3)nc21. The van der Waals surface area contributed by atoms with E-state index in [0.717, 1.165) is 40.9 Å². The van der Waals surface area contributed by atoms with Crippen molar-refractivity contribution in [3.05, 3.63) is 106 Å². The fraction of sp³-hybridized carbons (Fsp3) is 0.286. The number of aromatic nitrogens is 3. The summed E-state index contributed by atoms with van der Waals surface area (Å²) in [7, 11) is 2.19. The molecule has 6 rings (SSSR count). The van der Waals surface area contributed by atoms with Crippen molar-refractivity contribution in [1.82, 2.24) is 19.4 Å².